The van der Waals surface area contributed by atoms with Crippen LogP contribution in [0.15, 0.2) is 34.7 Å². The van der Waals surface area contributed by atoms with Gasteiger partial charge in [-0.2, -0.15) is 0 Å². The Morgan fingerprint density at radius 3 is 2.71 bits per heavy atom. The van der Waals surface area contributed by atoms with Gasteiger partial charge >= 0.3 is 0 Å². The van der Waals surface area contributed by atoms with E-state index < -0.39 is 0 Å². The van der Waals surface area contributed by atoms with E-state index in [9.17, 15) is 4.79 Å². The molecular weight excluding hydrogens is 268 g/mol. The summed E-state index contributed by atoms with van der Waals surface area (Å²) in [6, 6.07) is 8.92. The quantitative estimate of drug-likeness (QED) is 0.859. The Balaban J connectivity index is 2.21. The third-order valence-electron chi connectivity index (χ3n) is 3.10. The molecule has 0 unspecified atom stereocenters. The van der Waals surface area contributed by atoms with Gasteiger partial charge in [-0.1, -0.05) is 6.07 Å². The average molecular weight is 288 g/mol. The molecule has 1 heterocycles. The summed E-state index contributed by atoms with van der Waals surface area (Å²) in [7, 11) is 1.72. The summed E-state index contributed by atoms with van der Waals surface area (Å²) in [6.07, 6.45) is 0. The minimum Gasteiger partial charge on any atom is -0.491 e. The molecule has 0 aliphatic carbocycles. The van der Waals surface area contributed by atoms with Gasteiger partial charge in [-0.25, -0.2) is 0 Å². The number of benzene rings is 1. The SMILES string of the molecule is CCOc1c(N)cccc1C(=O)N(C)Cc1ccc(C)o1. The van der Waals surface area contributed by atoms with Crippen molar-refractivity contribution in [3.8, 4) is 5.75 Å². The van der Waals surface area contributed by atoms with Crippen molar-refractivity contribution in [2.24, 2.45) is 0 Å². The number of furan rings is 1. The van der Waals surface area contributed by atoms with Gasteiger partial charge in [0.25, 0.3) is 5.91 Å². The number of ether oxygens (including phenoxy) is 1. The Kier molecular flexibility index (Phi) is 4.52. The van der Waals surface area contributed by atoms with E-state index in [1.54, 1.807) is 30.1 Å². The first-order chi connectivity index (χ1) is 10.0. The van der Waals surface area contributed by atoms with E-state index in [2.05, 4.69) is 0 Å². The van der Waals surface area contributed by atoms with Crippen LogP contribution in [0.2, 0.25) is 0 Å². The molecule has 1 aromatic heterocycles. The minimum absolute atomic E-state index is 0.153. The van der Waals surface area contributed by atoms with E-state index in [1.807, 2.05) is 26.0 Å². The van der Waals surface area contributed by atoms with Crippen LogP contribution in [0.4, 0.5) is 5.69 Å². The first-order valence-corrected chi connectivity index (χ1v) is 6.85. The summed E-state index contributed by atoms with van der Waals surface area (Å²) in [6.45, 7) is 4.58. The number of carbonyl (C=O) groups excluding carboxylic acids is 1. The maximum Gasteiger partial charge on any atom is 0.257 e. The predicted octanol–water partition coefficient (Wildman–Crippen LogP) is 2.84. The molecule has 0 bridgehead atoms. The normalized spacial score (nSPS) is 10.4. The van der Waals surface area contributed by atoms with Crippen LogP contribution in [0.1, 0.15) is 28.8 Å². The second-order valence-electron chi connectivity index (χ2n) is 4.83. The zero-order valence-electron chi connectivity index (χ0n) is 12.6. The van der Waals surface area contributed by atoms with E-state index >= 15 is 0 Å². The lowest BCUT2D eigenvalue weighted by Crippen LogP contribution is -2.26. The van der Waals surface area contributed by atoms with Crippen LogP contribution in [-0.2, 0) is 6.54 Å². The molecule has 2 aromatic rings. The van der Waals surface area contributed by atoms with Crippen LogP contribution in [-0.4, -0.2) is 24.5 Å². The molecule has 0 aliphatic rings. The van der Waals surface area contributed by atoms with Gasteiger partial charge < -0.3 is 19.8 Å². The number of amides is 1. The Hall–Kier alpha value is -2.43. The average Bonchev–Trinajstić information content (AvgIpc) is 2.85. The second-order valence-corrected chi connectivity index (χ2v) is 4.83. The molecule has 21 heavy (non-hydrogen) atoms. The van der Waals surface area contributed by atoms with Crippen LogP contribution in [0, 0.1) is 6.92 Å². The molecule has 0 saturated carbocycles. The Labute approximate surface area is 124 Å². The lowest BCUT2D eigenvalue weighted by atomic mass is 10.1. The number of aryl methyl sites for hydroxylation is 1. The smallest absolute Gasteiger partial charge is 0.257 e. The molecule has 0 fully saturated rings. The highest BCUT2D eigenvalue weighted by atomic mass is 16.5. The Bertz CT molecular complexity index is 634. The van der Waals surface area contributed by atoms with Gasteiger partial charge in [0.1, 0.15) is 11.5 Å². The van der Waals surface area contributed by atoms with Crippen molar-refractivity contribution in [3.05, 3.63) is 47.4 Å². The van der Waals surface area contributed by atoms with Crippen LogP contribution in [0.3, 0.4) is 0 Å². The highest BCUT2D eigenvalue weighted by Gasteiger charge is 2.19. The zero-order chi connectivity index (χ0) is 15.4. The molecule has 5 heteroatoms. The number of carbonyl (C=O) groups is 1. The number of rotatable bonds is 5. The minimum atomic E-state index is -0.153. The lowest BCUT2D eigenvalue weighted by Gasteiger charge is -2.18. The van der Waals surface area contributed by atoms with Gasteiger partial charge in [0.15, 0.2) is 5.75 Å². The van der Waals surface area contributed by atoms with Crippen LogP contribution >= 0.6 is 0 Å². The molecule has 2 rings (SSSR count). The summed E-state index contributed by atoms with van der Waals surface area (Å²) in [5, 5.41) is 0. The summed E-state index contributed by atoms with van der Waals surface area (Å²) in [4.78, 5) is 14.1. The van der Waals surface area contributed by atoms with Gasteiger partial charge in [-0.15, -0.1) is 0 Å². The first kappa shape index (κ1) is 15.0. The van der Waals surface area contributed by atoms with E-state index in [1.165, 1.54) is 0 Å². The molecule has 0 atom stereocenters. The molecule has 0 radical (unpaired) electrons. The van der Waals surface area contributed by atoms with Crippen molar-refractivity contribution in [1.29, 1.82) is 0 Å². The summed E-state index contributed by atoms with van der Waals surface area (Å²) in [5.41, 5.74) is 6.81. The number of nitrogen functional groups attached to an aromatic ring is 1. The largest absolute Gasteiger partial charge is 0.491 e. The highest BCUT2D eigenvalue weighted by molar-refractivity contribution is 5.98. The Morgan fingerprint density at radius 2 is 2.10 bits per heavy atom. The van der Waals surface area contributed by atoms with Crippen LogP contribution in [0.5, 0.6) is 5.75 Å². The number of para-hydroxylation sites is 1. The van der Waals surface area contributed by atoms with Crippen molar-refractivity contribution in [2.75, 3.05) is 19.4 Å². The third kappa shape index (κ3) is 3.37. The van der Waals surface area contributed by atoms with Gasteiger partial charge in [-0.05, 0) is 38.1 Å². The molecular formula is C16H20N2O3. The van der Waals surface area contributed by atoms with Gasteiger partial charge in [0.2, 0.25) is 0 Å². The number of hydrogen-bond acceptors (Lipinski definition) is 4. The number of nitrogens with two attached hydrogens (primary N) is 1. The molecule has 5 nitrogen and oxygen atoms in total. The molecule has 0 spiro atoms. The first-order valence-electron chi connectivity index (χ1n) is 6.85. The van der Waals surface area contributed by atoms with E-state index in [0.717, 1.165) is 11.5 Å². The summed E-state index contributed by atoms with van der Waals surface area (Å²) in [5.74, 6) is 1.85. The fourth-order valence-corrected chi connectivity index (χ4v) is 2.11. The maximum absolute atomic E-state index is 12.6. The van der Waals surface area contributed by atoms with E-state index in [4.69, 9.17) is 14.9 Å². The van der Waals surface area contributed by atoms with E-state index in [0.29, 0.717) is 30.2 Å². The second kappa shape index (κ2) is 6.35. The van der Waals surface area contributed by atoms with Crippen molar-refractivity contribution in [1.82, 2.24) is 4.90 Å². The van der Waals surface area contributed by atoms with E-state index in [-0.39, 0.29) is 5.91 Å². The highest BCUT2D eigenvalue weighted by Crippen LogP contribution is 2.27. The lowest BCUT2D eigenvalue weighted by molar-refractivity contribution is 0.0771. The topological polar surface area (TPSA) is 68.7 Å². The number of anilines is 1. The third-order valence-corrected chi connectivity index (χ3v) is 3.10. The predicted molar refractivity (Wildman–Crippen MR) is 81.3 cm³/mol. The fourth-order valence-electron chi connectivity index (χ4n) is 2.11. The molecule has 0 saturated heterocycles. The van der Waals surface area contributed by atoms with Crippen LogP contribution < -0.4 is 10.5 Å². The number of nitrogens with zero attached hydrogens (tertiary/aromatic N) is 1. The van der Waals surface area contributed by atoms with Crippen molar-refractivity contribution >= 4 is 11.6 Å². The van der Waals surface area contributed by atoms with Crippen molar-refractivity contribution < 1.29 is 13.9 Å². The number of hydrogen-bond donors (Lipinski definition) is 1. The Morgan fingerprint density at radius 1 is 1.33 bits per heavy atom. The van der Waals surface area contributed by atoms with Crippen molar-refractivity contribution in [3.63, 3.8) is 0 Å². The standard InChI is InChI=1S/C16H20N2O3/c1-4-20-15-13(6-5-7-14(15)17)16(19)18(3)10-12-9-8-11(2)21-12/h5-9H,4,10,17H2,1-3H3. The van der Waals surface area contributed by atoms with Gasteiger partial charge in [-0.3, -0.25) is 4.79 Å². The monoisotopic (exact) mass is 288 g/mol. The summed E-state index contributed by atoms with van der Waals surface area (Å²) >= 11 is 0. The molecule has 1 amide bonds. The zero-order valence-corrected chi connectivity index (χ0v) is 12.6. The van der Waals surface area contributed by atoms with Gasteiger partial charge in [0.05, 0.1) is 24.4 Å². The molecule has 0 aliphatic heterocycles. The molecule has 2 N–H and O–H groups in total. The van der Waals surface area contributed by atoms with Gasteiger partial charge in [0, 0.05) is 7.05 Å². The van der Waals surface area contributed by atoms with Crippen LogP contribution in [0.25, 0.3) is 0 Å². The fraction of sp³-hybridized carbons (Fsp3) is 0.312. The molecule has 1 aromatic carbocycles. The van der Waals surface area contributed by atoms with Crippen molar-refractivity contribution in [2.45, 2.75) is 20.4 Å². The molecule has 112 valence electrons. The summed E-state index contributed by atoms with van der Waals surface area (Å²) < 4.78 is 11.0. The maximum atomic E-state index is 12.6.